The van der Waals surface area contributed by atoms with Gasteiger partial charge >= 0.3 is 0 Å². The highest BCUT2D eigenvalue weighted by Gasteiger charge is 2.13. The van der Waals surface area contributed by atoms with Gasteiger partial charge in [0.1, 0.15) is 11.4 Å². The van der Waals surface area contributed by atoms with Gasteiger partial charge in [0.15, 0.2) is 0 Å². The summed E-state index contributed by atoms with van der Waals surface area (Å²) in [6.07, 6.45) is 3.08. The molecule has 1 N–H and O–H groups in total. The first-order valence-electron chi connectivity index (χ1n) is 5.73. The summed E-state index contributed by atoms with van der Waals surface area (Å²) in [5, 5.41) is 14.0. The average Bonchev–Trinajstić information content (AvgIpc) is 2.95. The summed E-state index contributed by atoms with van der Waals surface area (Å²) in [6, 6.07) is 1.69. The van der Waals surface area contributed by atoms with Crippen molar-refractivity contribution in [1.82, 2.24) is 25.4 Å². The number of aromatic nitrogens is 4. The first kappa shape index (κ1) is 12.3. The fraction of sp³-hybridized carbons (Fsp3) is 0.455. The van der Waals surface area contributed by atoms with Crippen LogP contribution in [0.5, 0.6) is 0 Å². The first-order valence-corrected chi connectivity index (χ1v) is 5.73. The summed E-state index contributed by atoms with van der Waals surface area (Å²) in [5.74, 6) is 0.243. The van der Waals surface area contributed by atoms with E-state index in [0.29, 0.717) is 23.9 Å². The Morgan fingerprint density at radius 1 is 1.56 bits per heavy atom. The molecule has 0 saturated carbocycles. The van der Waals surface area contributed by atoms with E-state index in [1.807, 2.05) is 0 Å². The van der Waals surface area contributed by atoms with E-state index in [9.17, 15) is 4.79 Å². The maximum Gasteiger partial charge on any atom is 0.269 e. The van der Waals surface area contributed by atoms with Crippen LogP contribution in [0, 0.1) is 5.92 Å². The maximum atomic E-state index is 12.0. The van der Waals surface area contributed by atoms with Gasteiger partial charge in [-0.05, 0) is 12.0 Å². The summed E-state index contributed by atoms with van der Waals surface area (Å²) in [5.41, 5.74) is 1.12. The van der Waals surface area contributed by atoms with Gasteiger partial charge in [-0.2, -0.15) is 5.10 Å². The molecule has 2 heterocycles. The molecule has 2 aromatic rings. The van der Waals surface area contributed by atoms with Gasteiger partial charge in [0.05, 0.1) is 12.7 Å². The van der Waals surface area contributed by atoms with Gasteiger partial charge in [0.2, 0.25) is 0 Å². The van der Waals surface area contributed by atoms with Gasteiger partial charge in [-0.25, -0.2) is 4.63 Å². The van der Waals surface area contributed by atoms with Gasteiger partial charge in [0, 0.05) is 12.7 Å². The van der Waals surface area contributed by atoms with Crippen molar-refractivity contribution in [2.45, 2.75) is 26.9 Å². The molecular weight excluding hydrogens is 234 g/mol. The normalized spacial score (nSPS) is 10.8. The van der Waals surface area contributed by atoms with E-state index in [-0.39, 0.29) is 12.5 Å². The second kappa shape index (κ2) is 5.44. The second-order valence-electron chi connectivity index (χ2n) is 4.37. The third-order valence-corrected chi connectivity index (χ3v) is 2.32. The molecule has 2 rings (SSSR count). The molecule has 7 heteroatoms. The highest BCUT2D eigenvalue weighted by atomic mass is 16.6. The standard InChI is InChI=1S/C11H15N5O2/c1-8(2)7-16-10(3-4-13-16)11(17)12-5-9-6-14-18-15-9/h3-4,6,8H,5,7H2,1-2H3,(H,12,17). The van der Waals surface area contributed by atoms with Crippen LogP contribution in [0.15, 0.2) is 23.1 Å². The molecule has 96 valence electrons. The molecule has 0 fully saturated rings. The smallest absolute Gasteiger partial charge is 0.269 e. The van der Waals surface area contributed by atoms with E-state index < -0.39 is 0 Å². The number of nitrogens with one attached hydrogen (secondary N) is 1. The Morgan fingerprint density at radius 2 is 2.39 bits per heavy atom. The average molecular weight is 249 g/mol. The minimum atomic E-state index is -0.184. The van der Waals surface area contributed by atoms with Crippen LogP contribution < -0.4 is 5.32 Å². The molecule has 2 aromatic heterocycles. The zero-order valence-electron chi connectivity index (χ0n) is 10.3. The van der Waals surface area contributed by atoms with E-state index >= 15 is 0 Å². The minimum absolute atomic E-state index is 0.184. The van der Waals surface area contributed by atoms with E-state index in [0.717, 1.165) is 0 Å². The van der Waals surface area contributed by atoms with Gasteiger partial charge in [-0.1, -0.05) is 24.2 Å². The lowest BCUT2D eigenvalue weighted by Gasteiger charge is -2.09. The lowest BCUT2D eigenvalue weighted by molar-refractivity contribution is 0.0938. The van der Waals surface area contributed by atoms with Crippen molar-refractivity contribution < 1.29 is 9.42 Å². The quantitative estimate of drug-likeness (QED) is 0.849. The van der Waals surface area contributed by atoms with Crippen molar-refractivity contribution in [3.8, 4) is 0 Å². The fourth-order valence-corrected chi connectivity index (χ4v) is 1.54. The highest BCUT2D eigenvalue weighted by Crippen LogP contribution is 2.04. The summed E-state index contributed by atoms with van der Waals surface area (Å²) < 4.78 is 6.14. The molecule has 7 nitrogen and oxygen atoms in total. The summed E-state index contributed by atoms with van der Waals surface area (Å²) >= 11 is 0. The molecule has 0 unspecified atom stereocenters. The van der Waals surface area contributed by atoms with Crippen molar-refractivity contribution in [1.29, 1.82) is 0 Å². The monoisotopic (exact) mass is 249 g/mol. The fourth-order valence-electron chi connectivity index (χ4n) is 1.54. The van der Waals surface area contributed by atoms with Gasteiger partial charge < -0.3 is 5.32 Å². The number of hydrogen-bond donors (Lipinski definition) is 1. The van der Waals surface area contributed by atoms with Crippen LogP contribution in [0.25, 0.3) is 0 Å². The molecule has 0 aliphatic rings. The molecule has 0 radical (unpaired) electrons. The second-order valence-corrected chi connectivity index (χ2v) is 4.37. The van der Waals surface area contributed by atoms with Crippen LogP contribution in [-0.4, -0.2) is 26.0 Å². The highest BCUT2D eigenvalue weighted by molar-refractivity contribution is 5.92. The third-order valence-electron chi connectivity index (χ3n) is 2.32. The van der Waals surface area contributed by atoms with E-state index in [1.165, 1.54) is 6.20 Å². The number of nitrogens with zero attached hydrogens (tertiary/aromatic N) is 4. The van der Waals surface area contributed by atoms with E-state index in [4.69, 9.17) is 0 Å². The number of carbonyl (C=O) groups is 1. The Kier molecular flexibility index (Phi) is 3.71. The molecule has 0 aliphatic heterocycles. The predicted octanol–water partition coefficient (Wildman–Crippen LogP) is 0.852. The van der Waals surface area contributed by atoms with E-state index in [2.05, 4.69) is 39.2 Å². The lowest BCUT2D eigenvalue weighted by Crippen LogP contribution is -2.26. The Morgan fingerprint density at radius 3 is 3.06 bits per heavy atom. The largest absolute Gasteiger partial charge is 0.345 e. The predicted molar refractivity (Wildman–Crippen MR) is 62.5 cm³/mol. The molecule has 1 amide bonds. The zero-order chi connectivity index (χ0) is 13.0. The molecule has 0 aliphatic carbocycles. The van der Waals surface area contributed by atoms with Crippen LogP contribution in [0.3, 0.4) is 0 Å². The molecule has 0 aromatic carbocycles. The van der Waals surface area contributed by atoms with Crippen molar-refractivity contribution in [3.63, 3.8) is 0 Å². The molecular formula is C11H15N5O2. The van der Waals surface area contributed by atoms with Crippen molar-refractivity contribution in [3.05, 3.63) is 29.8 Å². The minimum Gasteiger partial charge on any atom is -0.345 e. The summed E-state index contributed by atoms with van der Waals surface area (Å²) in [7, 11) is 0. The Hall–Kier alpha value is -2.18. The maximum absolute atomic E-state index is 12.0. The number of amides is 1. The molecule has 0 spiro atoms. The van der Waals surface area contributed by atoms with Crippen LogP contribution in [0.1, 0.15) is 30.0 Å². The van der Waals surface area contributed by atoms with Crippen molar-refractivity contribution in [2.24, 2.45) is 5.92 Å². The van der Waals surface area contributed by atoms with Crippen LogP contribution in [0.4, 0.5) is 0 Å². The Bertz CT molecular complexity index is 503. The number of rotatable bonds is 5. The topological polar surface area (TPSA) is 85.8 Å². The summed E-state index contributed by atoms with van der Waals surface area (Å²) in [4.78, 5) is 12.0. The molecule has 18 heavy (non-hydrogen) atoms. The van der Waals surface area contributed by atoms with E-state index in [1.54, 1.807) is 16.9 Å². The van der Waals surface area contributed by atoms with Gasteiger partial charge in [-0.3, -0.25) is 9.48 Å². The van der Waals surface area contributed by atoms with Crippen LogP contribution in [0.2, 0.25) is 0 Å². The van der Waals surface area contributed by atoms with Gasteiger partial charge in [0.25, 0.3) is 5.91 Å². The van der Waals surface area contributed by atoms with Gasteiger partial charge in [-0.15, -0.1) is 0 Å². The third kappa shape index (κ3) is 2.93. The molecule has 0 atom stereocenters. The zero-order valence-corrected chi connectivity index (χ0v) is 10.3. The first-order chi connectivity index (χ1) is 8.66. The molecule has 0 saturated heterocycles. The number of hydrogen-bond acceptors (Lipinski definition) is 5. The van der Waals surface area contributed by atoms with Crippen molar-refractivity contribution in [2.75, 3.05) is 0 Å². The Labute approximate surface area is 104 Å². The lowest BCUT2D eigenvalue weighted by atomic mass is 10.2. The van der Waals surface area contributed by atoms with Crippen LogP contribution in [-0.2, 0) is 13.1 Å². The van der Waals surface area contributed by atoms with Crippen molar-refractivity contribution >= 4 is 5.91 Å². The Balaban J connectivity index is 1.98. The summed E-state index contributed by atoms with van der Waals surface area (Å²) in [6.45, 7) is 5.14. The SMILES string of the molecule is CC(C)Cn1nccc1C(=O)NCc1cnon1. The number of carbonyl (C=O) groups excluding carboxylic acids is 1. The van der Waals surface area contributed by atoms with Crippen LogP contribution >= 0.6 is 0 Å². The molecule has 0 bridgehead atoms.